The molecule has 4 rings (SSSR count). The zero-order valence-corrected chi connectivity index (χ0v) is 17.0. The monoisotopic (exact) mass is 414 g/mol. The predicted octanol–water partition coefficient (Wildman–Crippen LogP) is 4.39. The Morgan fingerprint density at radius 2 is 1.97 bits per heavy atom. The number of carbonyl (C=O) groups excluding carboxylic acids is 1. The minimum Gasteiger partial charge on any atom is -0.454 e. The number of carbonyl (C=O) groups is 1. The van der Waals surface area contributed by atoms with Crippen LogP contribution in [0.1, 0.15) is 18.9 Å². The first kappa shape index (κ1) is 19.5. The Bertz CT molecular complexity index is 942. The number of nitrogens with one attached hydrogen (secondary N) is 2. The lowest BCUT2D eigenvalue weighted by molar-refractivity contribution is 0.0683. The molecule has 8 heteroatoms. The lowest BCUT2D eigenvalue weighted by Gasteiger charge is -2.30. The van der Waals surface area contributed by atoms with Crippen LogP contribution in [0.4, 0.5) is 16.2 Å². The van der Waals surface area contributed by atoms with E-state index in [-0.39, 0.29) is 6.03 Å². The second-order valence-electron chi connectivity index (χ2n) is 6.84. The van der Waals surface area contributed by atoms with Gasteiger partial charge in [0, 0.05) is 30.3 Å². The fourth-order valence-electron chi connectivity index (χ4n) is 3.26. The predicted molar refractivity (Wildman–Crippen MR) is 114 cm³/mol. The minimum atomic E-state index is -0.235. The summed E-state index contributed by atoms with van der Waals surface area (Å²) in [6.07, 6.45) is 0.875. The molecule has 2 amide bonds. The smallest absolute Gasteiger partial charge is 0.319 e. The van der Waals surface area contributed by atoms with E-state index in [0.29, 0.717) is 47.7 Å². The lowest BCUT2D eigenvalue weighted by Crippen LogP contribution is -2.41. The summed E-state index contributed by atoms with van der Waals surface area (Å²) in [4.78, 5) is 19.1. The molecule has 0 bridgehead atoms. The molecule has 0 spiro atoms. The fourth-order valence-corrected chi connectivity index (χ4v) is 3.42. The number of anilines is 1. The number of ether oxygens (including phenoxy) is 2. The van der Waals surface area contributed by atoms with Gasteiger partial charge in [-0.25, -0.2) is 9.79 Å². The van der Waals surface area contributed by atoms with Gasteiger partial charge in [-0.15, -0.1) is 0 Å². The lowest BCUT2D eigenvalue weighted by atomic mass is 10.1. The number of hydrogen-bond acceptors (Lipinski definition) is 5. The number of morpholine rings is 1. The Morgan fingerprint density at radius 3 is 2.76 bits per heavy atom. The van der Waals surface area contributed by atoms with Gasteiger partial charge in [-0.05, 0) is 42.8 Å². The Kier molecular flexibility index (Phi) is 5.87. The number of rotatable bonds is 3. The molecule has 2 aliphatic heterocycles. The molecule has 0 radical (unpaired) electrons. The van der Waals surface area contributed by atoms with Crippen LogP contribution < -0.4 is 15.4 Å². The maximum atomic E-state index is 12.1. The van der Waals surface area contributed by atoms with Crippen LogP contribution in [-0.4, -0.2) is 49.6 Å². The van der Waals surface area contributed by atoms with Crippen molar-refractivity contribution in [1.82, 2.24) is 10.2 Å². The van der Waals surface area contributed by atoms with Crippen LogP contribution in [0.5, 0.6) is 11.5 Å². The van der Waals surface area contributed by atoms with Gasteiger partial charge in [0.2, 0.25) is 0 Å². The van der Waals surface area contributed by atoms with Crippen LogP contribution in [0.15, 0.2) is 41.4 Å². The van der Waals surface area contributed by atoms with E-state index in [2.05, 4.69) is 15.5 Å². The molecule has 1 fully saturated rings. The number of halogens is 1. The van der Waals surface area contributed by atoms with Crippen LogP contribution in [0, 0.1) is 0 Å². The molecule has 0 aliphatic carbocycles. The number of benzene rings is 2. The van der Waals surface area contributed by atoms with Crippen LogP contribution >= 0.6 is 11.6 Å². The Labute approximate surface area is 174 Å². The molecule has 152 valence electrons. The second-order valence-corrected chi connectivity index (χ2v) is 7.28. The summed E-state index contributed by atoms with van der Waals surface area (Å²) in [6.45, 7) is 5.35. The molecule has 0 aromatic heterocycles. The number of fused-ring (bicyclic) bond motifs is 2. The minimum absolute atomic E-state index is 0.235. The number of nitrogens with zero attached hydrogens (tertiary/aromatic N) is 2. The molecule has 0 atom stereocenters. The van der Waals surface area contributed by atoms with E-state index >= 15 is 0 Å². The van der Waals surface area contributed by atoms with Crippen molar-refractivity contribution in [2.45, 2.75) is 13.3 Å². The van der Waals surface area contributed by atoms with Crippen molar-refractivity contribution < 1.29 is 14.3 Å². The molecule has 29 heavy (non-hydrogen) atoms. The first-order valence-electron chi connectivity index (χ1n) is 9.72. The molecule has 0 saturated carbocycles. The summed E-state index contributed by atoms with van der Waals surface area (Å²) in [6, 6.07) is 10.7. The molecule has 2 heterocycles. The number of urea groups is 1. The van der Waals surface area contributed by atoms with Gasteiger partial charge in [-0.2, -0.15) is 0 Å². The third-order valence-corrected chi connectivity index (χ3v) is 4.93. The quantitative estimate of drug-likeness (QED) is 0.781. The number of aliphatic imine (C=N–C) groups is 1. The number of amides is 2. The van der Waals surface area contributed by atoms with E-state index < -0.39 is 0 Å². The molecule has 2 aromatic carbocycles. The fraction of sp³-hybridized carbons (Fsp3) is 0.333. The molecular formula is C21H23ClN4O3. The van der Waals surface area contributed by atoms with Crippen molar-refractivity contribution in [3.05, 3.63) is 47.0 Å². The largest absolute Gasteiger partial charge is 0.454 e. The SMILES string of the molecule is CCCNC(=O)Nc1ccc2c(c1)C(N1CCOCC1)=Nc1cc(Cl)ccc1O2. The highest BCUT2D eigenvalue weighted by molar-refractivity contribution is 6.31. The number of hydrogen-bond donors (Lipinski definition) is 2. The molecule has 2 aromatic rings. The van der Waals surface area contributed by atoms with E-state index in [4.69, 9.17) is 26.1 Å². The maximum absolute atomic E-state index is 12.1. The Morgan fingerprint density at radius 1 is 1.17 bits per heavy atom. The van der Waals surface area contributed by atoms with Gasteiger partial charge in [0.25, 0.3) is 0 Å². The van der Waals surface area contributed by atoms with Crippen LogP contribution in [0.3, 0.4) is 0 Å². The zero-order valence-electron chi connectivity index (χ0n) is 16.2. The van der Waals surface area contributed by atoms with Gasteiger partial charge in [0.1, 0.15) is 17.3 Å². The van der Waals surface area contributed by atoms with Crippen LogP contribution in [0.2, 0.25) is 5.02 Å². The first-order chi connectivity index (χ1) is 14.1. The summed E-state index contributed by atoms with van der Waals surface area (Å²) in [7, 11) is 0. The van der Waals surface area contributed by atoms with Gasteiger partial charge in [0.05, 0.1) is 18.8 Å². The molecule has 2 N–H and O–H groups in total. The normalized spacial score (nSPS) is 15.4. The zero-order chi connectivity index (χ0) is 20.2. The van der Waals surface area contributed by atoms with Gasteiger partial charge >= 0.3 is 6.03 Å². The molecule has 7 nitrogen and oxygen atoms in total. The van der Waals surface area contributed by atoms with Crippen molar-refractivity contribution >= 4 is 34.8 Å². The van der Waals surface area contributed by atoms with Crippen LogP contribution in [0.25, 0.3) is 0 Å². The van der Waals surface area contributed by atoms with Crippen molar-refractivity contribution in [2.24, 2.45) is 4.99 Å². The highest BCUT2D eigenvalue weighted by Crippen LogP contribution is 2.40. The van der Waals surface area contributed by atoms with Gasteiger partial charge in [0.15, 0.2) is 5.75 Å². The van der Waals surface area contributed by atoms with E-state index in [0.717, 1.165) is 30.9 Å². The third kappa shape index (κ3) is 4.46. The summed E-state index contributed by atoms with van der Waals surface area (Å²) in [5.74, 6) is 2.10. The van der Waals surface area contributed by atoms with Crippen molar-refractivity contribution in [2.75, 3.05) is 38.2 Å². The molecule has 0 unspecified atom stereocenters. The highest BCUT2D eigenvalue weighted by Gasteiger charge is 2.25. The highest BCUT2D eigenvalue weighted by atomic mass is 35.5. The van der Waals surface area contributed by atoms with E-state index in [1.807, 2.05) is 31.2 Å². The van der Waals surface area contributed by atoms with Crippen molar-refractivity contribution in [3.8, 4) is 11.5 Å². The van der Waals surface area contributed by atoms with Gasteiger partial charge < -0.3 is 25.0 Å². The van der Waals surface area contributed by atoms with Gasteiger partial charge in [-0.3, -0.25) is 0 Å². The number of amidine groups is 1. The Hall–Kier alpha value is -2.77. The summed E-state index contributed by atoms with van der Waals surface area (Å²) in [5.41, 5.74) is 2.16. The maximum Gasteiger partial charge on any atom is 0.319 e. The first-order valence-corrected chi connectivity index (χ1v) is 10.1. The third-order valence-electron chi connectivity index (χ3n) is 4.69. The summed E-state index contributed by atoms with van der Waals surface area (Å²) < 4.78 is 11.6. The van der Waals surface area contributed by atoms with E-state index in [1.54, 1.807) is 12.1 Å². The van der Waals surface area contributed by atoms with E-state index in [1.165, 1.54) is 0 Å². The molecular weight excluding hydrogens is 392 g/mol. The van der Waals surface area contributed by atoms with E-state index in [9.17, 15) is 4.79 Å². The second kappa shape index (κ2) is 8.71. The average Bonchev–Trinajstić information content (AvgIpc) is 2.89. The molecule has 2 aliphatic rings. The summed E-state index contributed by atoms with van der Waals surface area (Å²) >= 11 is 6.19. The average molecular weight is 415 g/mol. The van der Waals surface area contributed by atoms with Gasteiger partial charge in [-0.1, -0.05) is 18.5 Å². The Balaban J connectivity index is 1.73. The van der Waals surface area contributed by atoms with Crippen LogP contribution in [-0.2, 0) is 4.74 Å². The van der Waals surface area contributed by atoms with Crippen molar-refractivity contribution in [3.63, 3.8) is 0 Å². The topological polar surface area (TPSA) is 75.2 Å². The van der Waals surface area contributed by atoms with Crippen molar-refractivity contribution in [1.29, 1.82) is 0 Å². The summed E-state index contributed by atoms with van der Waals surface area (Å²) in [5, 5.41) is 6.29. The standard InChI is InChI=1S/C21H23ClN4O3/c1-2-7-23-21(27)24-15-4-6-18-16(13-15)20(26-8-10-28-11-9-26)25-17-12-14(22)3-5-19(17)29-18/h3-6,12-13H,2,7-11H2,1H3,(H2,23,24,27). The molecule has 1 saturated heterocycles.